The van der Waals surface area contributed by atoms with E-state index in [-0.39, 0.29) is 0 Å². The number of hydrogen-bond donors (Lipinski definition) is 1. The van der Waals surface area contributed by atoms with Crippen molar-refractivity contribution in [1.29, 1.82) is 0 Å². The Morgan fingerprint density at radius 2 is 1.83 bits per heavy atom. The van der Waals surface area contributed by atoms with Crippen molar-refractivity contribution in [1.82, 2.24) is 24.4 Å². The van der Waals surface area contributed by atoms with E-state index in [1.807, 2.05) is 36.7 Å². The van der Waals surface area contributed by atoms with Crippen LogP contribution < -0.4 is 10.2 Å². The van der Waals surface area contributed by atoms with E-state index in [1.54, 1.807) is 0 Å². The first-order chi connectivity index (χ1) is 17.1. The van der Waals surface area contributed by atoms with Crippen LogP contribution in [0.5, 0.6) is 0 Å². The number of hydrogen-bond acceptors (Lipinski definition) is 7. The van der Waals surface area contributed by atoms with E-state index in [2.05, 4.69) is 49.9 Å². The fourth-order valence-electron chi connectivity index (χ4n) is 4.90. The molecule has 0 aliphatic carbocycles. The zero-order valence-electron chi connectivity index (χ0n) is 19.7. The van der Waals surface area contributed by atoms with E-state index >= 15 is 0 Å². The van der Waals surface area contributed by atoms with Crippen LogP contribution in [0.4, 0.5) is 17.5 Å². The highest BCUT2D eigenvalue weighted by atomic mass is 35.5. The summed E-state index contributed by atoms with van der Waals surface area (Å²) < 4.78 is 7.84. The summed E-state index contributed by atoms with van der Waals surface area (Å²) in [5, 5.41) is 4.12. The van der Waals surface area contributed by atoms with E-state index in [9.17, 15) is 0 Å². The summed E-state index contributed by atoms with van der Waals surface area (Å²) in [5.41, 5.74) is 4.95. The van der Waals surface area contributed by atoms with Crippen LogP contribution >= 0.6 is 11.6 Å². The van der Waals surface area contributed by atoms with Gasteiger partial charge in [-0.15, -0.1) is 0 Å². The van der Waals surface area contributed by atoms with Crippen LogP contribution in [0, 0.1) is 0 Å². The van der Waals surface area contributed by atoms with Crippen molar-refractivity contribution in [3.05, 3.63) is 59.9 Å². The zero-order valence-corrected chi connectivity index (χ0v) is 20.4. The minimum atomic E-state index is 0.340. The molecule has 6 rings (SSSR count). The second-order valence-corrected chi connectivity index (χ2v) is 9.56. The van der Waals surface area contributed by atoms with E-state index in [1.165, 1.54) is 6.42 Å². The number of rotatable bonds is 5. The smallest absolute Gasteiger partial charge is 0.228 e. The first-order valence-electron chi connectivity index (χ1n) is 12.1. The van der Waals surface area contributed by atoms with Crippen molar-refractivity contribution in [2.75, 3.05) is 50.1 Å². The number of imidazole rings is 1. The Labute approximate surface area is 209 Å². The van der Waals surface area contributed by atoms with Gasteiger partial charge >= 0.3 is 0 Å². The number of anilines is 3. The lowest BCUT2D eigenvalue weighted by atomic mass is 10.1. The van der Waals surface area contributed by atoms with Crippen molar-refractivity contribution >= 4 is 40.1 Å². The lowest BCUT2D eigenvalue weighted by Crippen LogP contribution is -2.37. The van der Waals surface area contributed by atoms with Gasteiger partial charge in [-0.3, -0.25) is 4.90 Å². The minimum Gasteiger partial charge on any atom is -0.378 e. The molecule has 2 aromatic heterocycles. The molecule has 0 saturated carbocycles. The molecule has 8 nitrogen and oxygen atoms in total. The maximum atomic E-state index is 6.07. The number of likely N-dealkylation sites (tertiary alicyclic amines) is 1. The third kappa shape index (κ3) is 4.57. The molecule has 4 aromatic rings. The number of ether oxygens (including phenoxy) is 1. The van der Waals surface area contributed by atoms with Crippen LogP contribution in [0.1, 0.15) is 19.0 Å². The van der Waals surface area contributed by atoms with Gasteiger partial charge in [0.15, 0.2) is 0 Å². The third-order valence-electron chi connectivity index (χ3n) is 6.80. The maximum Gasteiger partial charge on any atom is 0.228 e. The van der Waals surface area contributed by atoms with Crippen LogP contribution in [-0.2, 0) is 4.74 Å². The Bertz CT molecular complexity index is 1330. The Morgan fingerprint density at radius 3 is 2.60 bits per heavy atom. The minimum absolute atomic E-state index is 0.340. The van der Waals surface area contributed by atoms with Gasteiger partial charge in [0.25, 0.3) is 0 Å². The van der Waals surface area contributed by atoms with Crippen LogP contribution in [0.15, 0.2) is 54.9 Å². The average Bonchev–Trinajstić information content (AvgIpc) is 3.51. The summed E-state index contributed by atoms with van der Waals surface area (Å²) in [6, 6.07) is 16.0. The number of morpholine rings is 1. The summed E-state index contributed by atoms with van der Waals surface area (Å²) in [6.07, 6.45) is 4.64. The molecule has 0 bridgehead atoms. The molecule has 0 amide bonds. The Hall–Kier alpha value is -3.20. The van der Waals surface area contributed by atoms with Crippen molar-refractivity contribution in [3.63, 3.8) is 0 Å². The second-order valence-electron chi connectivity index (χ2n) is 9.13. The number of fused-ring (bicyclic) bond motifs is 1. The highest BCUT2D eigenvalue weighted by Crippen LogP contribution is 2.32. The van der Waals surface area contributed by atoms with Crippen LogP contribution in [0.3, 0.4) is 0 Å². The summed E-state index contributed by atoms with van der Waals surface area (Å²) in [6.45, 7) is 3.99. The number of nitrogens with one attached hydrogen (secondary N) is 1. The van der Waals surface area contributed by atoms with Crippen LogP contribution in [0.25, 0.3) is 22.3 Å². The fraction of sp³-hybridized carbons (Fsp3) is 0.346. The molecule has 0 radical (unpaired) electrons. The molecule has 2 aliphatic heterocycles. The summed E-state index contributed by atoms with van der Waals surface area (Å²) >= 11 is 6.07. The molecule has 2 aliphatic rings. The van der Waals surface area contributed by atoms with Gasteiger partial charge in [0.1, 0.15) is 5.82 Å². The van der Waals surface area contributed by atoms with Crippen molar-refractivity contribution < 1.29 is 4.74 Å². The maximum absolute atomic E-state index is 6.07. The molecule has 4 heterocycles. The molecule has 1 atom stereocenters. The van der Waals surface area contributed by atoms with E-state index in [0.717, 1.165) is 59.9 Å². The average molecular weight is 490 g/mol. The van der Waals surface area contributed by atoms with E-state index < -0.39 is 0 Å². The quantitative estimate of drug-likeness (QED) is 0.425. The van der Waals surface area contributed by atoms with Crippen molar-refractivity contribution in [3.8, 4) is 11.3 Å². The van der Waals surface area contributed by atoms with Gasteiger partial charge in [0.2, 0.25) is 5.95 Å². The van der Waals surface area contributed by atoms with Gasteiger partial charge in [-0.25, -0.2) is 9.97 Å². The monoisotopic (exact) mass is 489 g/mol. The molecule has 9 heteroatoms. The largest absolute Gasteiger partial charge is 0.378 e. The van der Waals surface area contributed by atoms with Crippen molar-refractivity contribution in [2.45, 2.75) is 19.0 Å². The van der Waals surface area contributed by atoms with Crippen LogP contribution in [-0.4, -0.2) is 64.3 Å². The van der Waals surface area contributed by atoms with Gasteiger partial charge in [-0.1, -0.05) is 17.7 Å². The molecule has 2 fully saturated rings. The Kier molecular flexibility index (Phi) is 6.01. The Balaban J connectivity index is 1.41. The van der Waals surface area contributed by atoms with Gasteiger partial charge in [-0.2, -0.15) is 4.98 Å². The Morgan fingerprint density at radius 1 is 1.00 bits per heavy atom. The molecule has 2 aromatic carbocycles. The standard InChI is InChI=1S/C26H28ClN7O/c1-32-10-2-3-25(32)34-17-28-21-9-4-18(15-23(21)34)22-16-24(29-20-7-5-19(27)6-8-20)31-26(30-22)33-11-13-35-14-12-33/h4-9,15-17,25H,2-3,10-14H2,1H3,(H,29,30,31). The van der Waals surface area contributed by atoms with Crippen molar-refractivity contribution in [2.24, 2.45) is 0 Å². The highest BCUT2D eigenvalue weighted by molar-refractivity contribution is 6.30. The fourth-order valence-corrected chi connectivity index (χ4v) is 5.03. The highest BCUT2D eigenvalue weighted by Gasteiger charge is 2.24. The zero-order chi connectivity index (χ0) is 23.8. The summed E-state index contributed by atoms with van der Waals surface area (Å²) in [7, 11) is 2.18. The van der Waals surface area contributed by atoms with Gasteiger partial charge in [0, 0.05) is 35.4 Å². The van der Waals surface area contributed by atoms with Crippen LogP contribution in [0.2, 0.25) is 5.02 Å². The number of nitrogens with zero attached hydrogens (tertiary/aromatic N) is 6. The lowest BCUT2D eigenvalue weighted by Gasteiger charge is -2.27. The molecular weight excluding hydrogens is 462 g/mol. The predicted molar refractivity (Wildman–Crippen MR) is 139 cm³/mol. The third-order valence-corrected chi connectivity index (χ3v) is 7.05. The van der Waals surface area contributed by atoms with Gasteiger partial charge in [0.05, 0.1) is 42.4 Å². The van der Waals surface area contributed by atoms with Gasteiger partial charge < -0.3 is 19.5 Å². The number of halogens is 1. The topological polar surface area (TPSA) is 71.3 Å². The molecular formula is C26H28ClN7O. The SMILES string of the molecule is CN1CCCC1n1cnc2ccc(-c3cc(Nc4ccc(Cl)cc4)nc(N4CCOCC4)n3)cc21. The molecule has 35 heavy (non-hydrogen) atoms. The predicted octanol–water partition coefficient (Wildman–Crippen LogP) is 4.95. The number of aromatic nitrogens is 4. The summed E-state index contributed by atoms with van der Waals surface area (Å²) in [4.78, 5) is 19.0. The molecule has 1 unspecified atom stereocenters. The van der Waals surface area contributed by atoms with E-state index in [4.69, 9.17) is 26.3 Å². The molecule has 0 spiro atoms. The summed E-state index contributed by atoms with van der Waals surface area (Å²) in [5.74, 6) is 1.44. The van der Waals surface area contributed by atoms with Gasteiger partial charge in [-0.05, 0) is 62.8 Å². The first-order valence-corrected chi connectivity index (χ1v) is 12.4. The molecule has 1 N–H and O–H groups in total. The molecule has 180 valence electrons. The lowest BCUT2D eigenvalue weighted by molar-refractivity contribution is 0.122. The first kappa shape index (κ1) is 22.3. The number of benzene rings is 2. The van der Waals surface area contributed by atoms with E-state index in [0.29, 0.717) is 30.4 Å². The normalized spacial score (nSPS) is 18.9. The molecule has 2 saturated heterocycles. The second kappa shape index (κ2) is 9.45.